The summed E-state index contributed by atoms with van der Waals surface area (Å²) in [5, 5.41) is 0.803. The first-order chi connectivity index (χ1) is 9.93. The van der Waals surface area contributed by atoms with Gasteiger partial charge in [0.25, 0.3) is 0 Å². The fraction of sp³-hybridized carbons (Fsp3) is 0.643. The van der Waals surface area contributed by atoms with E-state index in [0.29, 0.717) is 4.88 Å². The fourth-order valence-electron chi connectivity index (χ4n) is 2.49. The van der Waals surface area contributed by atoms with E-state index in [4.69, 9.17) is 4.74 Å². The minimum absolute atomic E-state index is 0.0963. The minimum Gasteiger partial charge on any atom is -0.464 e. The number of carbonyl (C=O) groups is 2. The summed E-state index contributed by atoms with van der Waals surface area (Å²) in [4.78, 5) is 32.8. The molecular formula is C14H21N3O3S. The maximum absolute atomic E-state index is 11.8. The van der Waals surface area contributed by atoms with Crippen LogP contribution in [0.15, 0.2) is 0 Å². The van der Waals surface area contributed by atoms with Gasteiger partial charge in [-0.3, -0.25) is 9.69 Å². The summed E-state index contributed by atoms with van der Waals surface area (Å²) in [5.41, 5.74) is 0.144. The first-order valence-corrected chi connectivity index (χ1v) is 7.74. The van der Waals surface area contributed by atoms with Crippen molar-refractivity contribution in [2.24, 2.45) is 0 Å². The van der Waals surface area contributed by atoms with E-state index < -0.39 is 5.97 Å². The molecule has 1 aliphatic rings. The number of Topliss-reactive ketones (excluding diaryl/α,β-unsaturated/α-hetero) is 1. The zero-order valence-corrected chi connectivity index (χ0v) is 13.7. The Bertz CT molecular complexity index is 544. The third-order valence-electron chi connectivity index (χ3n) is 3.69. The molecule has 1 unspecified atom stereocenters. The third-order valence-corrected chi connectivity index (χ3v) is 4.95. The lowest BCUT2D eigenvalue weighted by Crippen LogP contribution is -2.30. The topological polar surface area (TPSA) is 62.7 Å². The van der Waals surface area contributed by atoms with Gasteiger partial charge in [-0.15, -0.1) is 11.3 Å². The van der Waals surface area contributed by atoms with Crippen molar-refractivity contribution in [1.29, 1.82) is 0 Å². The second kappa shape index (κ2) is 6.64. The summed E-state index contributed by atoms with van der Waals surface area (Å²) in [6.07, 6.45) is 1.10. The van der Waals surface area contributed by atoms with Crippen LogP contribution in [0, 0.1) is 0 Å². The third kappa shape index (κ3) is 3.48. The van der Waals surface area contributed by atoms with Crippen LogP contribution in [0.1, 0.15) is 44.6 Å². The molecule has 2 rings (SSSR count). The molecule has 1 saturated heterocycles. The molecule has 0 amide bonds. The number of ether oxygens (including phenoxy) is 1. The van der Waals surface area contributed by atoms with Gasteiger partial charge in [0.05, 0.1) is 13.2 Å². The van der Waals surface area contributed by atoms with Crippen LogP contribution in [0.2, 0.25) is 0 Å². The van der Waals surface area contributed by atoms with Crippen molar-refractivity contribution in [3.8, 4) is 0 Å². The molecule has 7 heteroatoms. The van der Waals surface area contributed by atoms with Crippen molar-refractivity contribution in [2.75, 3.05) is 40.8 Å². The molecule has 0 aliphatic carbocycles. The van der Waals surface area contributed by atoms with Crippen LogP contribution < -0.4 is 0 Å². The van der Waals surface area contributed by atoms with Crippen molar-refractivity contribution in [3.63, 3.8) is 0 Å². The van der Waals surface area contributed by atoms with Gasteiger partial charge in [0.1, 0.15) is 9.88 Å². The van der Waals surface area contributed by atoms with Gasteiger partial charge in [0.15, 0.2) is 11.5 Å². The van der Waals surface area contributed by atoms with Crippen LogP contribution in [0.3, 0.4) is 0 Å². The van der Waals surface area contributed by atoms with Gasteiger partial charge in [0, 0.05) is 13.5 Å². The van der Waals surface area contributed by atoms with Crippen molar-refractivity contribution in [1.82, 2.24) is 14.8 Å². The predicted molar refractivity (Wildman–Crippen MR) is 80.9 cm³/mol. The van der Waals surface area contributed by atoms with E-state index in [1.54, 1.807) is 0 Å². The number of nitrogens with zero attached hydrogens (tertiary/aromatic N) is 3. The molecule has 21 heavy (non-hydrogen) atoms. The van der Waals surface area contributed by atoms with E-state index in [-0.39, 0.29) is 17.5 Å². The SMILES string of the molecule is COC(=O)c1nc(C2CN(C)CCCN2C)sc1C(C)=O. The Kier molecular flexibility index (Phi) is 5.08. The number of aromatic nitrogens is 1. The Morgan fingerprint density at radius 3 is 2.67 bits per heavy atom. The molecule has 0 spiro atoms. The Hall–Kier alpha value is -1.31. The summed E-state index contributed by atoms with van der Waals surface area (Å²) in [6, 6.07) is 0.0963. The highest BCUT2D eigenvalue weighted by Crippen LogP contribution is 2.30. The van der Waals surface area contributed by atoms with E-state index in [1.165, 1.54) is 25.4 Å². The number of ketones is 1. The van der Waals surface area contributed by atoms with Gasteiger partial charge in [-0.1, -0.05) is 0 Å². The highest BCUT2D eigenvalue weighted by atomic mass is 32.1. The number of rotatable bonds is 3. The molecule has 0 aromatic carbocycles. The number of esters is 1. The zero-order valence-electron chi connectivity index (χ0n) is 12.9. The lowest BCUT2D eigenvalue weighted by atomic mass is 10.2. The summed E-state index contributed by atoms with van der Waals surface area (Å²) in [6.45, 7) is 4.29. The van der Waals surface area contributed by atoms with Gasteiger partial charge in [0.2, 0.25) is 0 Å². The van der Waals surface area contributed by atoms with E-state index in [9.17, 15) is 9.59 Å². The van der Waals surface area contributed by atoms with E-state index >= 15 is 0 Å². The first kappa shape index (κ1) is 16.1. The maximum Gasteiger partial charge on any atom is 0.358 e. The molecule has 0 bridgehead atoms. The molecule has 0 N–H and O–H groups in total. The Morgan fingerprint density at radius 1 is 1.33 bits per heavy atom. The monoisotopic (exact) mass is 311 g/mol. The van der Waals surface area contributed by atoms with Gasteiger partial charge in [-0.05, 0) is 33.6 Å². The summed E-state index contributed by atoms with van der Waals surface area (Å²) >= 11 is 1.30. The molecule has 1 aromatic heterocycles. The predicted octanol–water partition coefficient (Wildman–Crippen LogP) is 1.44. The van der Waals surface area contributed by atoms with Crippen molar-refractivity contribution in [2.45, 2.75) is 19.4 Å². The lowest BCUT2D eigenvalue weighted by Gasteiger charge is -2.25. The van der Waals surface area contributed by atoms with E-state index in [2.05, 4.69) is 28.9 Å². The molecule has 1 aliphatic heterocycles. The summed E-state index contributed by atoms with van der Waals surface area (Å²) < 4.78 is 4.73. The maximum atomic E-state index is 11.8. The Balaban J connectivity index is 2.38. The van der Waals surface area contributed by atoms with E-state index in [0.717, 1.165) is 31.1 Å². The fourth-order valence-corrected chi connectivity index (χ4v) is 3.60. The minimum atomic E-state index is -0.549. The molecule has 0 saturated carbocycles. The van der Waals surface area contributed by atoms with Gasteiger partial charge < -0.3 is 9.64 Å². The molecular weight excluding hydrogens is 290 g/mol. The van der Waals surface area contributed by atoms with Crippen LogP contribution in [0.4, 0.5) is 0 Å². The number of hydrogen-bond acceptors (Lipinski definition) is 7. The number of likely N-dealkylation sites (N-methyl/N-ethyl adjacent to an activating group) is 2. The van der Waals surface area contributed by atoms with Crippen LogP contribution in [0.5, 0.6) is 0 Å². The second-order valence-electron chi connectivity index (χ2n) is 5.39. The van der Waals surface area contributed by atoms with Crippen molar-refractivity contribution in [3.05, 3.63) is 15.6 Å². The average Bonchev–Trinajstić information content (AvgIpc) is 2.81. The summed E-state index contributed by atoms with van der Waals surface area (Å²) in [5.74, 6) is -0.698. The highest BCUT2D eigenvalue weighted by molar-refractivity contribution is 7.14. The van der Waals surface area contributed by atoms with Crippen molar-refractivity contribution >= 4 is 23.1 Å². The average molecular weight is 311 g/mol. The van der Waals surface area contributed by atoms with Gasteiger partial charge in [-0.25, -0.2) is 9.78 Å². The van der Waals surface area contributed by atoms with Gasteiger partial charge >= 0.3 is 5.97 Å². The largest absolute Gasteiger partial charge is 0.464 e. The molecule has 1 aromatic rings. The second-order valence-corrected chi connectivity index (χ2v) is 6.42. The number of carbonyl (C=O) groups excluding carboxylic acids is 2. The highest BCUT2D eigenvalue weighted by Gasteiger charge is 2.29. The Labute approximate surface area is 128 Å². The standard InChI is InChI=1S/C14H21N3O3S/c1-9(18)12-11(14(19)20-4)15-13(21-12)10-8-16(2)6-5-7-17(10)3/h10H,5-8H2,1-4H3. The quantitative estimate of drug-likeness (QED) is 0.622. The molecule has 0 radical (unpaired) electrons. The van der Waals surface area contributed by atoms with Crippen molar-refractivity contribution < 1.29 is 14.3 Å². The lowest BCUT2D eigenvalue weighted by molar-refractivity contribution is 0.0591. The number of methoxy groups -OCH3 is 1. The molecule has 1 atom stereocenters. The molecule has 2 heterocycles. The first-order valence-electron chi connectivity index (χ1n) is 6.92. The Morgan fingerprint density at radius 2 is 2.05 bits per heavy atom. The zero-order chi connectivity index (χ0) is 15.6. The van der Waals surface area contributed by atoms with E-state index in [1.807, 2.05) is 0 Å². The van der Waals surface area contributed by atoms with Crippen LogP contribution >= 0.6 is 11.3 Å². The smallest absolute Gasteiger partial charge is 0.358 e. The van der Waals surface area contributed by atoms with Crippen LogP contribution in [0.25, 0.3) is 0 Å². The van der Waals surface area contributed by atoms with Crippen LogP contribution in [-0.4, -0.2) is 67.4 Å². The molecule has 6 nitrogen and oxygen atoms in total. The normalized spacial score (nSPS) is 21.0. The molecule has 1 fully saturated rings. The van der Waals surface area contributed by atoms with Gasteiger partial charge in [-0.2, -0.15) is 0 Å². The molecule has 116 valence electrons. The van der Waals surface area contributed by atoms with Crippen LogP contribution in [-0.2, 0) is 4.74 Å². The number of hydrogen-bond donors (Lipinski definition) is 0. The summed E-state index contributed by atoms with van der Waals surface area (Å²) in [7, 11) is 5.43. The number of thiazole rings is 1.